The summed E-state index contributed by atoms with van der Waals surface area (Å²) in [7, 11) is 0. The Balaban J connectivity index is 1.09. The van der Waals surface area contributed by atoms with Crippen LogP contribution in [-0.2, 0) is 16.2 Å². The van der Waals surface area contributed by atoms with Crippen LogP contribution in [-0.4, -0.2) is 6.71 Å². The molecule has 9 aromatic carbocycles. The first kappa shape index (κ1) is 43.3. The van der Waals surface area contributed by atoms with E-state index in [0.717, 1.165) is 77.5 Å². The van der Waals surface area contributed by atoms with Crippen molar-refractivity contribution in [2.75, 3.05) is 9.80 Å². The summed E-state index contributed by atoms with van der Waals surface area (Å²) in [6, 6.07) is 67.7. The lowest BCUT2D eigenvalue weighted by atomic mass is 9.33. The molecule has 2 aliphatic heterocycles. The third-order valence-electron chi connectivity index (χ3n) is 15.3. The van der Waals surface area contributed by atoms with Crippen LogP contribution in [0.3, 0.4) is 0 Å². The Hall–Kier alpha value is -7.76. The topological polar surface area (TPSA) is 32.8 Å². The maximum absolute atomic E-state index is 6.44. The average Bonchev–Trinajstić information content (AvgIpc) is 3.94. The van der Waals surface area contributed by atoms with Crippen LogP contribution >= 0.6 is 0 Å². The number of para-hydroxylation sites is 2. The molecule has 4 heterocycles. The molecule has 0 radical (unpaired) electrons. The zero-order valence-electron chi connectivity index (χ0n) is 42.1. The highest BCUT2D eigenvalue weighted by molar-refractivity contribution is 7.00. The van der Waals surface area contributed by atoms with Crippen LogP contribution in [0, 0.1) is 0 Å². The molecule has 11 aromatic rings. The molecular formula is C66H57BN2O2. The van der Waals surface area contributed by atoms with Crippen LogP contribution in [0.4, 0.5) is 34.1 Å². The average molecular weight is 921 g/mol. The van der Waals surface area contributed by atoms with Crippen LogP contribution in [0.5, 0.6) is 0 Å². The first-order chi connectivity index (χ1) is 34.1. The number of nitrogens with zero attached hydrogens (tertiary/aromatic N) is 2. The lowest BCUT2D eigenvalue weighted by Gasteiger charge is -2.45. The Kier molecular flexibility index (Phi) is 9.37. The van der Waals surface area contributed by atoms with Crippen LogP contribution < -0.4 is 26.2 Å². The van der Waals surface area contributed by atoms with Gasteiger partial charge in [0.2, 0.25) is 0 Å². The van der Waals surface area contributed by atoms with E-state index in [1.54, 1.807) is 0 Å². The van der Waals surface area contributed by atoms with E-state index in [4.69, 9.17) is 8.83 Å². The Morgan fingerprint density at radius 2 is 0.803 bits per heavy atom. The van der Waals surface area contributed by atoms with Crippen LogP contribution in [0.1, 0.15) is 79.0 Å². The molecule has 0 saturated heterocycles. The van der Waals surface area contributed by atoms with E-state index < -0.39 is 0 Å². The fourth-order valence-corrected chi connectivity index (χ4v) is 11.6. The maximum Gasteiger partial charge on any atom is 0.252 e. The zero-order chi connectivity index (χ0) is 48.7. The van der Waals surface area contributed by atoms with Crippen molar-refractivity contribution in [2.45, 2.75) is 78.6 Å². The zero-order valence-corrected chi connectivity index (χ0v) is 42.1. The molecule has 0 aliphatic carbocycles. The van der Waals surface area contributed by atoms with Crippen molar-refractivity contribution in [1.82, 2.24) is 0 Å². The normalized spacial score (nSPS) is 13.6. The highest BCUT2D eigenvalue weighted by Gasteiger charge is 2.45. The van der Waals surface area contributed by atoms with Crippen molar-refractivity contribution < 1.29 is 8.83 Å². The lowest BCUT2D eigenvalue weighted by molar-refractivity contribution is 0.589. The van der Waals surface area contributed by atoms with E-state index >= 15 is 0 Å². The van der Waals surface area contributed by atoms with Gasteiger partial charge in [0.1, 0.15) is 22.3 Å². The number of hydrogen-bond acceptors (Lipinski definition) is 4. The van der Waals surface area contributed by atoms with E-state index in [9.17, 15) is 0 Å². The Morgan fingerprint density at radius 1 is 0.352 bits per heavy atom. The standard InChI is InChI=1S/C66H57BN2O2/c1-64(2,3)42-31-33-53-52(36-42)67-51-32-30-43(65(4,5)6)37-54(51)69(46-21-15-19-41(35-46)48-25-17-29-60-62(48)50-23-11-13-27-58(50)71-60)56-39-44(66(7,8)9)38-55(63(56)67)68(53)45-20-14-18-40(34-45)47-24-16-28-59-61(47)49-22-10-12-26-57(49)70-59/h10-39H,1-9H3. The van der Waals surface area contributed by atoms with Gasteiger partial charge >= 0.3 is 0 Å². The SMILES string of the molecule is CC(C)(C)c1ccc2c(c1)B1c3ccc(C(C)(C)C)cc3N(c3cccc(-c4cccc5oc6ccccc6c45)c3)c3cc(C(C)(C)C)cc(c31)N2c1cccc(-c2cccc3oc4ccccc4c23)c1. The van der Waals surface area contributed by atoms with Gasteiger partial charge in [-0.1, -0.05) is 172 Å². The van der Waals surface area contributed by atoms with Gasteiger partial charge in [-0.15, -0.1) is 0 Å². The van der Waals surface area contributed by atoms with Gasteiger partial charge in [-0.25, -0.2) is 0 Å². The third-order valence-corrected chi connectivity index (χ3v) is 15.3. The second kappa shape index (κ2) is 15.4. The molecule has 13 rings (SSSR count). The monoisotopic (exact) mass is 920 g/mol. The first-order valence-electron chi connectivity index (χ1n) is 25.2. The molecule has 2 aliphatic rings. The summed E-state index contributed by atoms with van der Waals surface area (Å²) in [5.41, 5.74) is 22.8. The second-order valence-corrected chi connectivity index (χ2v) is 23.0. The highest BCUT2D eigenvalue weighted by atomic mass is 16.3. The summed E-state index contributed by atoms with van der Waals surface area (Å²) in [5.74, 6) is 0. The fourth-order valence-electron chi connectivity index (χ4n) is 11.6. The van der Waals surface area contributed by atoms with Gasteiger partial charge < -0.3 is 18.6 Å². The molecule has 0 fully saturated rings. The van der Waals surface area contributed by atoms with E-state index in [0.29, 0.717) is 0 Å². The predicted octanol–water partition coefficient (Wildman–Crippen LogP) is 16.8. The summed E-state index contributed by atoms with van der Waals surface area (Å²) < 4.78 is 12.9. The van der Waals surface area contributed by atoms with E-state index in [1.165, 1.54) is 55.8 Å². The fraction of sp³-hybridized carbons (Fsp3) is 0.182. The summed E-state index contributed by atoms with van der Waals surface area (Å²) in [6.07, 6.45) is 0. The van der Waals surface area contributed by atoms with Crippen LogP contribution in [0.25, 0.3) is 66.1 Å². The quantitative estimate of drug-likeness (QED) is 0.165. The van der Waals surface area contributed by atoms with Crippen molar-refractivity contribution in [3.05, 3.63) is 199 Å². The maximum atomic E-state index is 6.44. The minimum atomic E-state index is -0.165. The molecule has 0 bridgehead atoms. The smallest absolute Gasteiger partial charge is 0.252 e. The number of furan rings is 2. The van der Waals surface area contributed by atoms with Gasteiger partial charge in [0, 0.05) is 55.7 Å². The molecule has 0 amide bonds. The molecule has 5 heteroatoms. The second-order valence-electron chi connectivity index (χ2n) is 23.0. The van der Waals surface area contributed by atoms with Gasteiger partial charge in [-0.3, -0.25) is 0 Å². The first-order valence-corrected chi connectivity index (χ1v) is 25.2. The summed E-state index contributed by atoms with van der Waals surface area (Å²) >= 11 is 0. The number of fused-ring (bicyclic) bond motifs is 10. The third kappa shape index (κ3) is 6.80. The highest BCUT2D eigenvalue weighted by Crippen LogP contribution is 2.49. The van der Waals surface area contributed by atoms with Crippen molar-refractivity contribution in [3.8, 4) is 22.3 Å². The van der Waals surface area contributed by atoms with Gasteiger partial charge in [0.05, 0.1) is 0 Å². The molecule has 0 spiro atoms. The molecule has 346 valence electrons. The molecule has 0 atom stereocenters. The molecule has 0 unspecified atom stereocenters. The van der Waals surface area contributed by atoms with Gasteiger partial charge in [-0.05, 0) is 144 Å². The van der Waals surface area contributed by atoms with Crippen molar-refractivity contribution in [2.24, 2.45) is 0 Å². The van der Waals surface area contributed by atoms with Crippen molar-refractivity contribution in [3.63, 3.8) is 0 Å². The van der Waals surface area contributed by atoms with Gasteiger partial charge in [0.25, 0.3) is 6.71 Å². The summed E-state index contributed by atoms with van der Waals surface area (Å²) in [6.45, 7) is 21.0. The van der Waals surface area contributed by atoms with Crippen molar-refractivity contribution in [1.29, 1.82) is 0 Å². The summed E-state index contributed by atoms with van der Waals surface area (Å²) in [4.78, 5) is 5.15. The van der Waals surface area contributed by atoms with E-state index in [1.807, 2.05) is 12.1 Å². The van der Waals surface area contributed by atoms with Gasteiger partial charge in [0.15, 0.2) is 0 Å². The van der Waals surface area contributed by atoms with Gasteiger partial charge in [-0.2, -0.15) is 0 Å². The number of hydrogen-bond donors (Lipinski definition) is 0. The minimum Gasteiger partial charge on any atom is -0.456 e. The molecular weight excluding hydrogens is 864 g/mol. The predicted molar refractivity (Wildman–Crippen MR) is 302 cm³/mol. The Labute approximate surface area is 417 Å². The molecule has 0 N–H and O–H groups in total. The summed E-state index contributed by atoms with van der Waals surface area (Å²) in [5, 5.41) is 4.54. The van der Waals surface area contributed by atoms with E-state index in [2.05, 4.69) is 242 Å². The van der Waals surface area contributed by atoms with E-state index in [-0.39, 0.29) is 23.0 Å². The Morgan fingerprint density at radius 3 is 1.34 bits per heavy atom. The minimum absolute atomic E-state index is 0.0220. The molecule has 4 nitrogen and oxygen atoms in total. The van der Waals surface area contributed by atoms with Crippen LogP contribution in [0.2, 0.25) is 0 Å². The number of benzene rings is 9. The van der Waals surface area contributed by atoms with Crippen LogP contribution in [0.15, 0.2) is 191 Å². The largest absolute Gasteiger partial charge is 0.456 e. The number of rotatable bonds is 4. The Bertz CT molecular complexity index is 3980. The molecule has 0 saturated carbocycles. The molecule has 2 aromatic heterocycles. The number of anilines is 6. The lowest BCUT2D eigenvalue weighted by Crippen LogP contribution is -2.61. The molecule has 71 heavy (non-hydrogen) atoms. The van der Waals surface area contributed by atoms with Crippen molar-refractivity contribution >= 4 is 101 Å².